The summed E-state index contributed by atoms with van der Waals surface area (Å²) in [7, 11) is 0. The van der Waals surface area contributed by atoms with Gasteiger partial charge in [-0.1, -0.05) is 18.2 Å². The van der Waals surface area contributed by atoms with E-state index in [4.69, 9.17) is 12.2 Å². The third kappa shape index (κ3) is 3.28. The van der Waals surface area contributed by atoms with Gasteiger partial charge < -0.3 is 14.8 Å². The van der Waals surface area contributed by atoms with E-state index in [1.165, 1.54) is 0 Å². The number of carbonyl (C=O) groups is 1. The average molecular weight is 390 g/mol. The number of hydrogen-bond acceptors (Lipinski definition) is 5. The number of benzene rings is 1. The van der Waals surface area contributed by atoms with Crippen LogP contribution in [0.2, 0.25) is 0 Å². The number of amides is 1. The number of imidazole rings is 1. The SMILES string of the molecule is N#Cc1cccnc1N1CCN(C(=O)c2c[nH]c(=S)n2-c2ccccc2)CC1. The largest absolute Gasteiger partial charge is 0.352 e. The Kier molecular flexibility index (Phi) is 4.91. The van der Waals surface area contributed by atoms with Crippen molar-refractivity contribution in [2.75, 3.05) is 31.1 Å². The summed E-state index contributed by atoms with van der Waals surface area (Å²) in [5.41, 5.74) is 1.91. The fourth-order valence-corrected chi connectivity index (χ4v) is 3.64. The maximum atomic E-state index is 13.1. The van der Waals surface area contributed by atoms with Gasteiger partial charge in [-0.3, -0.25) is 9.36 Å². The number of H-pyrrole nitrogens is 1. The van der Waals surface area contributed by atoms with Gasteiger partial charge in [-0.2, -0.15) is 5.26 Å². The monoisotopic (exact) mass is 390 g/mol. The Hall–Kier alpha value is -3.44. The van der Waals surface area contributed by atoms with Gasteiger partial charge in [0.25, 0.3) is 5.91 Å². The quantitative estimate of drug-likeness (QED) is 0.696. The fraction of sp³-hybridized carbons (Fsp3) is 0.200. The van der Waals surface area contributed by atoms with Crippen LogP contribution < -0.4 is 4.90 Å². The van der Waals surface area contributed by atoms with E-state index in [0.29, 0.717) is 48.0 Å². The van der Waals surface area contributed by atoms with Crippen LogP contribution in [-0.2, 0) is 0 Å². The van der Waals surface area contributed by atoms with E-state index in [0.717, 1.165) is 5.69 Å². The van der Waals surface area contributed by atoms with E-state index in [1.807, 2.05) is 40.1 Å². The number of nitrogens with zero attached hydrogens (tertiary/aromatic N) is 5. The minimum Gasteiger partial charge on any atom is -0.352 e. The highest BCUT2D eigenvalue weighted by atomic mass is 32.1. The minimum atomic E-state index is -0.0719. The van der Waals surface area contributed by atoms with Crippen LogP contribution >= 0.6 is 12.2 Å². The van der Waals surface area contributed by atoms with Gasteiger partial charge in [0.15, 0.2) is 4.77 Å². The molecule has 7 nitrogen and oxygen atoms in total. The molecule has 4 rings (SSSR count). The molecule has 3 heterocycles. The number of piperazine rings is 1. The van der Waals surface area contributed by atoms with Crippen LogP contribution in [0.5, 0.6) is 0 Å². The van der Waals surface area contributed by atoms with Gasteiger partial charge in [0.05, 0.1) is 5.56 Å². The molecule has 0 saturated carbocycles. The molecule has 0 bridgehead atoms. The lowest BCUT2D eigenvalue weighted by atomic mass is 10.2. The van der Waals surface area contributed by atoms with Crippen molar-refractivity contribution in [1.82, 2.24) is 19.4 Å². The Morgan fingerprint density at radius 2 is 1.86 bits per heavy atom. The third-order valence-corrected chi connectivity index (χ3v) is 5.08. The lowest BCUT2D eigenvalue weighted by Gasteiger charge is -2.35. The van der Waals surface area contributed by atoms with E-state index in [1.54, 1.807) is 29.1 Å². The molecule has 0 atom stereocenters. The highest BCUT2D eigenvalue weighted by Crippen LogP contribution is 2.20. The van der Waals surface area contributed by atoms with E-state index in [-0.39, 0.29) is 5.91 Å². The Labute approximate surface area is 167 Å². The maximum absolute atomic E-state index is 13.1. The average Bonchev–Trinajstić information content (AvgIpc) is 3.15. The lowest BCUT2D eigenvalue weighted by Crippen LogP contribution is -2.49. The number of pyridine rings is 1. The third-order valence-electron chi connectivity index (χ3n) is 4.78. The molecule has 1 aliphatic heterocycles. The highest BCUT2D eigenvalue weighted by molar-refractivity contribution is 7.71. The second-order valence-electron chi connectivity index (χ2n) is 6.42. The lowest BCUT2D eigenvalue weighted by molar-refractivity contribution is 0.0738. The molecule has 1 aromatic carbocycles. The van der Waals surface area contributed by atoms with Gasteiger partial charge in [0.1, 0.15) is 17.6 Å². The molecule has 28 heavy (non-hydrogen) atoms. The number of para-hydroxylation sites is 1. The van der Waals surface area contributed by atoms with Crippen LogP contribution in [0.1, 0.15) is 16.1 Å². The molecular weight excluding hydrogens is 372 g/mol. The fourth-order valence-electron chi connectivity index (χ4n) is 3.38. The maximum Gasteiger partial charge on any atom is 0.272 e. The molecule has 1 aliphatic rings. The predicted molar refractivity (Wildman–Crippen MR) is 108 cm³/mol. The van der Waals surface area contributed by atoms with Gasteiger partial charge in [0.2, 0.25) is 0 Å². The van der Waals surface area contributed by atoms with Crippen molar-refractivity contribution in [3.63, 3.8) is 0 Å². The van der Waals surface area contributed by atoms with Gasteiger partial charge in [-0.15, -0.1) is 0 Å². The number of rotatable bonds is 3. The van der Waals surface area contributed by atoms with Crippen LogP contribution in [0.3, 0.4) is 0 Å². The van der Waals surface area contributed by atoms with Crippen molar-refractivity contribution in [2.24, 2.45) is 0 Å². The number of carbonyl (C=O) groups excluding carboxylic acids is 1. The van der Waals surface area contributed by atoms with Crippen molar-refractivity contribution in [3.8, 4) is 11.8 Å². The van der Waals surface area contributed by atoms with E-state index < -0.39 is 0 Å². The molecular formula is C20H18N6OS. The first-order chi connectivity index (χ1) is 13.7. The molecule has 1 saturated heterocycles. The topological polar surface area (TPSA) is 81.0 Å². The molecule has 0 spiro atoms. The zero-order valence-corrected chi connectivity index (χ0v) is 15.9. The normalized spacial score (nSPS) is 14.0. The zero-order chi connectivity index (χ0) is 19.5. The Morgan fingerprint density at radius 3 is 2.57 bits per heavy atom. The summed E-state index contributed by atoms with van der Waals surface area (Å²) in [5, 5.41) is 9.28. The van der Waals surface area contributed by atoms with Gasteiger partial charge in [-0.05, 0) is 36.5 Å². The summed E-state index contributed by atoms with van der Waals surface area (Å²) in [6, 6.07) is 15.3. The second-order valence-corrected chi connectivity index (χ2v) is 6.80. The van der Waals surface area contributed by atoms with Crippen LogP contribution in [0.15, 0.2) is 54.9 Å². The standard InChI is InChI=1S/C20H18N6OS/c21-13-15-5-4-8-22-18(15)24-9-11-25(12-10-24)19(27)17-14-23-20(28)26(17)16-6-2-1-3-7-16/h1-8,14H,9-12H2,(H,23,28). The first-order valence-corrected chi connectivity index (χ1v) is 9.35. The molecule has 8 heteroatoms. The van der Waals surface area contributed by atoms with Crippen LogP contribution in [-0.4, -0.2) is 51.5 Å². The van der Waals surface area contributed by atoms with E-state index >= 15 is 0 Å². The van der Waals surface area contributed by atoms with Crippen LogP contribution in [0.4, 0.5) is 5.82 Å². The van der Waals surface area contributed by atoms with E-state index in [9.17, 15) is 10.1 Å². The first kappa shape index (κ1) is 17.9. The molecule has 3 aromatic rings. The summed E-state index contributed by atoms with van der Waals surface area (Å²) in [6.45, 7) is 2.34. The van der Waals surface area contributed by atoms with Crippen molar-refractivity contribution in [1.29, 1.82) is 5.26 Å². The number of aromatic nitrogens is 3. The number of anilines is 1. The number of nitrogens with one attached hydrogen (secondary N) is 1. The molecule has 2 aromatic heterocycles. The molecule has 1 amide bonds. The van der Waals surface area contributed by atoms with Crippen molar-refractivity contribution in [2.45, 2.75) is 0 Å². The Balaban J connectivity index is 1.53. The van der Waals surface area contributed by atoms with Crippen molar-refractivity contribution < 1.29 is 4.79 Å². The Morgan fingerprint density at radius 1 is 1.11 bits per heavy atom. The van der Waals surface area contributed by atoms with Gasteiger partial charge >= 0.3 is 0 Å². The smallest absolute Gasteiger partial charge is 0.272 e. The van der Waals surface area contributed by atoms with Crippen LogP contribution in [0, 0.1) is 16.1 Å². The van der Waals surface area contributed by atoms with Crippen molar-refractivity contribution >= 4 is 23.9 Å². The second kappa shape index (κ2) is 7.66. The molecule has 0 unspecified atom stereocenters. The minimum absolute atomic E-state index is 0.0719. The first-order valence-electron chi connectivity index (χ1n) is 8.94. The summed E-state index contributed by atoms with van der Waals surface area (Å²) >= 11 is 5.38. The molecule has 140 valence electrons. The zero-order valence-electron chi connectivity index (χ0n) is 15.1. The van der Waals surface area contributed by atoms with Gasteiger partial charge in [0, 0.05) is 44.3 Å². The summed E-state index contributed by atoms with van der Waals surface area (Å²) in [6.07, 6.45) is 3.35. The summed E-state index contributed by atoms with van der Waals surface area (Å²) < 4.78 is 2.25. The van der Waals surface area contributed by atoms with Gasteiger partial charge in [-0.25, -0.2) is 4.98 Å². The highest BCUT2D eigenvalue weighted by Gasteiger charge is 2.26. The van der Waals surface area contributed by atoms with Crippen molar-refractivity contribution in [3.05, 3.63) is 70.9 Å². The number of hydrogen-bond donors (Lipinski definition) is 1. The van der Waals surface area contributed by atoms with Crippen LogP contribution in [0.25, 0.3) is 5.69 Å². The Bertz CT molecular complexity index is 1090. The molecule has 0 aliphatic carbocycles. The molecule has 1 N–H and O–H groups in total. The molecule has 1 fully saturated rings. The number of nitriles is 1. The predicted octanol–water partition coefficient (Wildman–Crippen LogP) is 2.76. The number of aromatic amines is 1. The summed E-state index contributed by atoms with van der Waals surface area (Å²) in [5.74, 6) is 0.600. The molecule has 0 radical (unpaired) electrons. The summed E-state index contributed by atoms with van der Waals surface area (Å²) in [4.78, 5) is 24.3. The van der Waals surface area contributed by atoms with E-state index in [2.05, 4.69) is 16.0 Å².